The van der Waals surface area contributed by atoms with Crippen molar-refractivity contribution in [3.63, 3.8) is 0 Å². The van der Waals surface area contributed by atoms with Crippen LogP contribution in [-0.4, -0.2) is 43.2 Å². The number of nitrogens with one attached hydrogen (secondary N) is 2. The first-order valence-electron chi connectivity index (χ1n) is 7.31. The van der Waals surface area contributed by atoms with E-state index in [-0.39, 0.29) is 5.56 Å². The molecule has 21 heavy (non-hydrogen) atoms. The molecule has 2 heterocycles. The molecule has 1 aliphatic heterocycles. The molecule has 0 saturated carbocycles. The van der Waals surface area contributed by atoms with Crippen molar-refractivity contribution in [2.24, 2.45) is 0 Å². The van der Waals surface area contributed by atoms with Crippen molar-refractivity contribution in [1.82, 2.24) is 15.2 Å². The first-order valence-corrected chi connectivity index (χ1v) is 7.31. The second-order valence-corrected chi connectivity index (χ2v) is 5.52. The molecule has 0 unspecified atom stereocenters. The summed E-state index contributed by atoms with van der Waals surface area (Å²) in [6.45, 7) is 6.68. The molecular weight excluding hydrogens is 266 g/mol. The van der Waals surface area contributed by atoms with E-state index in [1.165, 1.54) is 0 Å². The van der Waals surface area contributed by atoms with E-state index in [1.807, 2.05) is 18.2 Å². The lowest BCUT2D eigenvalue weighted by molar-refractivity contribution is 0.232. The van der Waals surface area contributed by atoms with Crippen LogP contribution in [0.5, 0.6) is 5.75 Å². The van der Waals surface area contributed by atoms with Crippen molar-refractivity contribution >= 4 is 10.9 Å². The van der Waals surface area contributed by atoms with Crippen molar-refractivity contribution in [2.75, 3.05) is 33.3 Å². The highest BCUT2D eigenvalue weighted by molar-refractivity contribution is 5.87. The van der Waals surface area contributed by atoms with Gasteiger partial charge in [-0.05, 0) is 24.6 Å². The van der Waals surface area contributed by atoms with Crippen LogP contribution < -0.4 is 15.6 Å². The minimum Gasteiger partial charge on any atom is -0.495 e. The Labute approximate surface area is 123 Å². The Morgan fingerprint density at radius 3 is 2.76 bits per heavy atom. The number of aromatic amines is 1. The van der Waals surface area contributed by atoms with Crippen LogP contribution in [0.3, 0.4) is 0 Å². The fourth-order valence-electron chi connectivity index (χ4n) is 2.85. The third kappa shape index (κ3) is 2.80. The van der Waals surface area contributed by atoms with Gasteiger partial charge in [-0.25, -0.2) is 0 Å². The van der Waals surface area contributed by atoms with Gasteiger partial charge in [0.1, 0.15) is 5.75 Å². The van der Waals surface area contributed by atoms with Gasteiger partial charge in [0.15, 0.2) is 0 Å². The molecule has 1 aromatic carbocycles. The summed E-state index contributed by atoms with van der Waals surface area (Å²) < 4.78 is 5.34. The van der Waals surface area contributed by atoms with E-state index in [9.17, 15) is 4.79 Å². The molecule has 2 N–H and O–H groups in total. The summed E-state index contributed by atoms with van der Waals surface area (Å²) in [5.74, 6) is 0.710. The Morgan fingerprint density at radius 1 is 1.29 bits per heavy atom. The lowest BCUT2D eigenvalue weighted by Crippen LogP contribution is -2.43. The van der Waals surface area contributed by atoms with Crippen molar-refractivity contribution < 1.29 is 4.74 Å². The summed E-state index contributed by atoms with van der Waals surface area (Å²) in [6.07, 6.45) is 0. The highest BCUT2D eigenvalue weighted by atomic mass is 16.5. The summed E-state index contributed by atoms with van der Waals surface area (Å²) in [5.41, 5.74) is 2.72. The number of piperazine rings is 1. The molecular formula is C16H21N3O2. The molecule has 1 aliphatic rings. The minimum absolute atomic E-state index is 0.0232. The van der Waals surface area contributed by atoms with E-state index in [2.05, 4.69) is 22.1 Å². The average Bonchev–Trinajstić information content (AvgIpc) is 2.50. The number of hydrogen-bond acceptors (Lipinski definition) is 4. The number of nitrogens with zero attached hydrogens (tertiary/aromatic N) is 1. The van der Waals surface area contributed by atoms with E-state index in [4.69, 9.17) is 4.74 Å². The molecule has 112 valence electrons. The van der Waals surface area contributed by atoms with Gasteiger partial charge in [0.25, 0.3) is 5.56 Å². The number of fused-ring (bicyclic) bond motifs is 1. The van der Waals surface area contributed by atoms with E-state index < -0.39 is 0 Å². The minimum atomic E-state index is -0.0232. The van der Waals surface area contributed by atoms with E-state index in [0.717, 1.165) is 48.2 Å². The molecule has 0 bridgehead atoms. The van der Waals surface area contributed by atoms with Gasteiger partial charge in [0.2, 0.25) is 0 Å². The monoisotopic (exact) mass is 287 g/mol. The Kier molecular flexibility index (Phi) is 3.94. The van der Waals surface area contributed by atoms with E-state index in [0.29, 0.717) is 12.3 Å². The van der Waals surface area contributed by atoms with Gasteiger partial charge in [-0.3, -0.25) is 9.69 Å². The fourth-order valence-corrected chi connectivity index (χ4v) is 2.85. The van der Waals surface area contributed by atoms with Crippen LogP contribution in [-0.2, 0) is 6.54 Å². The first kappa shape index (κ1) is 14.1. The highest BCUT2D eigenvalue weighted by Crippen LogP contribution is 2.26. The maximum absolute atomic E-state index is 12.3. The largest absolute Gasteiger partial charge is 0.495 e. The summed E-state index contributed by atoms with van der Waals surface area (Å²) in [6, 6.07) is 5.92. The number of benzene rings is 1. The lowest BCUT2D eigenvalue weighted by Gasteiger charge is -2.27. The van der Waals surface area contributed by atoms with Gasteiger partial charge >= 0.3 is 0 Å². The third-order valence-electron chi connectivity index (χ3n) is 4.10. The van der Waals surface area contributed by atoms with Crippen LogP contribution in [0.25, 0.3) is 10.9 Å². The van der Waals surface area contributed by atoms with E-state index >= 15 is 0 Å². The van der Waals surface area contributed by atoms with Crippen LogP contribution in [0, 0.1) is 6.92 Å². The molecule has 0 spiro atoms. The summed E-state index contributed by atoms with van der Waals surface area (Å²) >= 11 is 0. The summed E-state index contributed by atoms with van der Waals surface area (Å²) in [7, 11) is 1.62. The molecule has 1 saturated heterocycles. The molecule has 1 fully saturated rings. The van der Waals surface area contributed by atoms with Crippen molar-refractivity contribution in [3.05, 3.63) is 39.7 Å². The topological polar surface area (TPSA) is 57.4 Å². The molecule has 1 aromatic heterocycles. The van der Waals surface area contributed by atoms with E-state index in [1.54, 1.807) is 7.11 Å². The van der Waals surface area contributed by atoms with Crippen molar-refractivity contribution in [2.45, 2.75) is 13.5 Å². The van der Waals surface area contributed by atoms with Gasteiger partial charge in [-0.1, -0.05) is 6.07 Å². The van der Waals surface area contributed by atoms with Crippen LogP contribution in [0.1, 0.15) is 11.1 Å². The lowest BCUT2D eigenvalue weighted by atomic mass is 10.1. The SMILES string of the molecule is COc1ccc(C)c2cc(CN3CCNCC3)c(=O)[nH]c12. The molecule has 5 nitrogen and oxygen atoms in total. The summed E-state index contributed by atoms with van der Waals surface area (Å²) in [4.78, 5) is 17.6. The molecule has 2 aromatic rings. The Hall–Kier alpha value is -1.85. The first-order chi connectivity index (χ1) is 10.2. The number of pyridine rings is 1. The number of aryl methyl sites for hydroxylation is 1. The standard InChI is InChI=1S/C16H21N3O2/c1-11-3-4-14(21-2)15-13(11)9-12(16(20)18-15)10-19-7-5-17-6-8-19/h3-4,9,17H,5-8,10H2,1-2H3,(H,18,20). The predicted molar refractivity (Wildman–Crippen MR) is 84.0 cm³/mol. The van der Waals surface area contributed by atoms with Crippen LogP contribution in [0.2, 0.25) is 0 Å². The number of hydrogen-bond donors (Lipinski definition) is 2. The number of rotatable bonds is 3. The molecule has 0 atom stereocenters. The van der Waals surface area contributed by atoms with Gasteiger partial charge in [-0.15, -0.1) is 0 Å². The maximum Gasteiger partial charge on any atom is 0.253 e. The van der Waals surface area contributed by atoms with Crippen LogP contribution >= 0.6 is 0 Å². The molecule has 5 heteroatoms. The zero-order valence-electron chi connectivity index (χ0n) is 12.5. The predicted octanol–water partition coefficient (Wildman–Crippen LogP) is 1.25. The molecule has 0 aliphatic carbocycles. The number of H-pyrrole nitrogens is 1. The average molecular weight is 287 g/mol. The zero-order chi connectivity index (χ0) is 14.8. The maximum atomic E-state index is 12.3. The molecule has 3 rings (SSSR count). The van der Waals surface area contributed by atoms with Crippen molar-refractivity contribution in [3.8, 4) is 5.75 Å². The van der Waals surface area contributed by atoms with Gasteiger partial charge in [0.05, 0.1) is 12.6 Å². The molecule has 0 amide bonds. The Morgan fingerprint density at radius 2 is 2.05 bits per heavy atom. The van der Waals surface area contributed by atoms with Crippen molar-refractivity contribution in [1.29, 1.82) is 0 Å². The number of aromatic nitrogens is 1. The molecule has 0 radical (unpaired) electrons. The Bertz CT molecular complexity index is 702. The van der Waals surface area contributed by atoms with Crippen LogP contribution in [0.15, 0.2) is 23.0 Å². The fraction of sp³-hybridized carbons (Fsp3) is 0.438. The quantitative estimate of drug-likeness (QED) is 0.892. The van der Waals surface area contributed by atoms with Gasteiger partial charge in [0, 0.05) is 43.7 Å². The second kappa shape index (κ2) is 5.87. The normalized spacial score (nSPS) is 16.3. The second-order valence-electron chi connectivity index (χ2n) is 5.52. The third-order valence-corrected chi connectivity index (χ3v) is 4.10. The van der Waals surface area contributed by atoms with Crippen LogP contribution in [0.4, 0.5) is 0 Å². The zero-order valence-corrected chi connectivity index (χ0v) is 12.5. The summed E-state index contributed by atoms with van der Waals surface area (Å²) in [5, 5.41) is 4.38. The van der Waals surface area contributed by atoms with Gasteiger partial charge < -0.3 is 15.0 Å². The number of ether oxygens (including phenoxy) is 1. The Balaban J connectivity index is 2.02. The smallest absolute Gasteiger partial charge is 0.253 e. The van der Waals surface area contributed by atoms with Gasteiger partial charge in [-0.2, -0.15) is 0 Å². The number of methoxy groups -OCH3 is 1. The highest BCUT2D eigenvalue weighted by Gasteiger charge is 2.14.